The van der Waals surface area contributed by atoms with Gasteiger partial charge in [-0.25, -0.2) is 0 Å². The van der Waals surface area contributed by atoms with Gasteiger partial charge in [-0.3, -0.25) is 4.90 Å². The molecule has 0 radical (unpaired) electrons. The highest BCUT2D eigenvalue weighted by atomic mass is 35.5. The SMILES string of the molecule is CNc1ccc([C@H]2CN3CCNC[C@H]3c3ccccc32)cc1.Cl.Cl. The minimum atomic E-state index is 0. The number of hydrogen-bond donors (Lipinski definition) is 2. The van der Waals surface area contributed by atoms with Crippen molar-refractivity contribution >= 4 is 30.5 Å². The maximum atomic E-state index is 3.54. The van der Waals surface area contributed by atoms with Gasteiger partial charge in [0.05, 0.1) is 0 Å². The highest BCUT2D eigenvalue weighted by Crippen LogP contribution is 2.39. The number of nitrogens with one attached hydrogen (secondary N) is 2. The highest BCUT2D eigenvalue weighted by molar-refractivity contribution is 5.85. The van der Waals surface area contributed by atoms with Crippen LogP contribution in [0.1, 0.15) is 28.7 Å². The second-order valence-corrected chi connectivity index (χ2v) is 6.27. The Labute approximate surface area is 156 Å². The first-order valence-corrected chi connectivity index (χ1v) is 8.18. The number of anilines is 1. The Balaban J connectivity index is 0.00000104. The molecule has 0 aromatic heterocycles. The smallest absolute Gasteiger partial charge is 0.0476 e. The third-order valence-corrected chi connectivity index (χ3v) is 5.10. The van der Waals surface area contributed by atoms with Gasteiger partial charge in [-0.05, 0) is 28.8 Å². The van der Waals surface area contributed by atoms with Crippen molar-refractivity contribution in [2.75, 3.05) is 38.5 Å². The van der Waals surface area contributed by atoms with Gasteiger partial charge < -0.3 is 10.6 Å². The fraction of sp³-hybridized carbons (Fsp3) is 0.368. The zero-order chi connectivity index (χ0) is 14.9. The molecule has 130 valence electrons. The molecule has 2 aliphatic heterocycles. The molecule has 0 bridgehead atoms. The quantitative estimate of drug-likeness (QED) is 0.850. The number of fused-ring (bicyclic) bond motifs is 3. The first-order valence-electron chi connectivity index (χ1n) is 8.18. The molecule has 0 aliphatic carbocycles. The molecule has 0 unspecified atom stereocenters. The summed E-state index contributed by atoms with van der Waals surface area (Å²) in [6.07, 6.45) is 0. The lowest BCUT2D eigenvalue weighted by atomic mass is 9.81. The van der Waals surface area contributed by atoms with Crippen LogP contribution in [-0.4, -0.2) is 38.1 Å². The molecule has 24 heavy (non-hydrogen) atoms. The number of piperazine rings is 1. The normalized spacial score (nSPS) is 22.4. The van der Waals surface area contributed by atoms with Crippen molar-refractivity contribution in [3.8, 4) is 0 Å². The minimum absolute atomic E-state index is 0. The van der Waals surface area contributed by atoms with Crippen LogP contribution in [0.4, 0.5) is 5.69 Å². The second-order valence-electron chi connectivity index (χ2n) is 6.27. The summed E-state index contributed by atoms with van der Waals surface area (Å²) in [6.45, 7) is 4.44. The van der Waals surface area contributed by atoms with Crippen LogP contribution in [0.2, 0.25) is 0 Å². The van der Waals surface area contributed by atoms with E-state index < -0.39 is 0 Å². The monoisotopic (exact) mass is 365 g/mol. The maximum absolute atomic E-state index is 3.54. The lowest BCUT2D eigenvalue weighted by molar-refractivity contribution is 0.143. The van der Waals surface area contributed by atoms with Crippen LogP contribution in [0, 0.1) is 0 Å². The van der Waals surface area contributed by atoms with E-state index in [-0.39, 0.29) is 24.8 Å². The number of hydrogen-bond acceptors (Lipinski definition) is 3. The fourth-order valence-electron chi connectivity index (χ4n) is 3.90. The topological polar surface area (TPSA) is 27.3 Å². The van der Waals surface area contributed by atoms with Crippen molar-refractivity contribution in [1.29, 1.82) is 0 Å². The Morgan fingerprint density at radius 3 is 2.42 bits per heavy atom. The third-order valence-electron chi connectivity index (χ3n) is 5.10. The van der Waals surface area contributed by atoms with Crippen molar-refractivity contribution in [3.63, 3.8) is 0 Å². The van der Waals surface area contributed by atoms with Gasteiger partial charge in [-0.2, -0.15) is 0 Å². The van der Waals surface area contributed by atoms with Gasteiger partial charge >= 0.3 is 0 Å². The van der Waals surface area contributed by atoms with Gasteiger partial charge in [0.1, 0.15) is 0 Å². The second kappa shape index (κ2) is 8.21. The Morgan fingerprint density at radius 2 is 1.71 bits per heavy atom. The molecule has 3 nitrogen and oxygen atoms in total. The van der Waals surface area contributed by atoms with Crippen molar-refractivity contribution in [2.45, 2.75) is 12.0 Å². The molecule has 1 fully saturated rings. The number of halogens is 2. The largest absolute Gasteiger partial charge is 0.388 e. The summed E-state index contributed by atoms with van der Waals surface area (Å²) in [4.78, 5) is 2.65. The molecule has 0 saturated carbocycles. The number of rotatable bonds is 2. The number of benzene rings is 2. The van der Waals surface area contributed by atoms with E-state index in [4.69, 9.17) is 0 Å². The number of nitrogens with zero attached hydrogens (tertiary/aromatic N) is 1. The lowest BCUT2D eigenvalue weighted by Gasteiger charge is -2.44. The molecule has 1 saturated heterocycles. The van der Waals surface area contributed by atoms with Crippen molar-refractivity contribution in [2.24, 2.45) is 0 Å². The average molecular weight is 366 g/mol. The van der Waals surface area contributed by atoms with E-state index in [1.807, 2.05) is 7.05 Å². The van der Waals surface area contributed by atoms with Crippen molar-refractivity contribution in [1.82, 2.24) is 10.2 Å². The summed E-state index contributed by atoms with van der Waals surface area (Å²) >= 11 is 0. The average Bonchev–Trinajstić information content (AvgIpc) is 2.61. The van der Waals surface area contributed by atoms with E-state index in [2.05, 4.69) is 64.1 Å². The molecule has 0 amide bonds. The molecule has 2 aromatic carbocycles. The molecule has 2 aliphatic rings. The van der Waals surface area contributed by atoms with E-state index in [9.17, 15) is 0 Å². The summed E-state index contributed by atoms with van der Waals surface area (Å²) in [6, 6.07) is 18.4. The summed E-state index contributed by atoms with van der Waals surface area (Å²) in [5.74, 6) is 0.483. The van der Waals surface area contributed by atoms with Crippen LogP contribution >= 0.6 is 24.8 Å². The van der Waals surface area contributed by atoms with E-state index in [0.29, 0.717) is 12.0 Å². The van der Waals surface area contributed by atoms with Crippen LogP contribution in [0.3, 0.4) is 0 Å². The predicted molar refractivity (Wildman–Crippen MR) is 106 cm³/mol. The molecule has 2 heterocycles. The lowest BCUT2D eigenvalue weighted by Crippen LogP contribution is -2.50. The Hall–Kier alpha value is -1.26. The third kappa shape index (κ3) is 3.40. The molecule has 0 spiro atoms. The summed E-state index contributed by atoms with van der Waals surface area (Å²) in [5, 5.41) is 6.75. The van der Waals surface area contributed by atoms with Crippen molar-refractivity contribution in [3.05, 3.63) is 65.2 Å². The van der Waals surface area contributed by atoms with Gasteiger partial charge in [0, 0.05) is 50.9 Å². The zero-order valence-corrected chi connectivity index (χ0v) is 15.5. The van der Waals surface area contributed by atoms with Crippen molar-refractivity contribution < 1.29 is 0 Å². The summed E-state index contributed by atoms with van der Waals surface area (Å²) in [7, 11) is 1.97. The summed E-state index contributed by atoms with van der Waals surface area (Å²) < 4.78 is 0. The standard InChI is InChI=1S/C19H23N3.2ClH/c1-20-15-8-6-14(7-9-15)18-13-22-11-10-21-12-19(22)17-5-3-2-4-16(17)18;;/h2-9,18-21H,10-13H2,1H3;2*1H/t18-,19+;;/m1../s1. The minimum Gasteiger partial charge on any atom is -0.388 e. The predicted octanol–water partition coefficient (Wildman–Crippen LogP) is 3.66. The van der Waals surface area contributed by atoms with Crippen LogP contribution < -0.4 is 10.6 Å². The Kier molecular flexibility index (Phi) is 6.53. The van der Waals surface area contributed by atoms with Crippen LogP contribution in [0.15, 0.2) is 48.5 Å². The zero-order valence-electron chi connectivity index (χ0n) is 13.9. The van der Waals surface area contributed by atoms with E-state index in [1.165, 1.54) is 22.4 Å². The van der Waals surface area contributed by atoms with Gasteiger partial charge in [0.2, 0.25) is 0 Å². The van der Waals surface area contributed by atoms with Gasteiger partial charge in [-0.15, -0.1) is 24.8 Å². The Morgan fingerprint density at radius 1 is 1.00 bits per heavy atom. The van der Waals surface area contributed by atoms with E-state index in [0.717, 1.165) is 26.2 Å². The molecular formula is C19H25Cl2N3. The molecule has 5 heteroatoms. The molecule has 2 N–H and O–H groups in total. The molecule has 2 aromatic rings. The molecular weight excluding hydrogens is 341 g/mol. The first kappa shape index (κ1) is 19.1. The Bertz CT molecular complexity index is 660. The maximum Gasteiger partial charge on any atom is 0.0476 e. The first-order chi connectivity index (χ1) is 10.9. The van der Waals surface area contributed by atoms with E-state index in [1.54, 1.807) is 0 Å². The van der Waals surface area contributed by atoms with Gasteiger partial charge in [0.25, 0.3) is 0 Å². The summed E-state index contributed by atoms with van der Waals surface area (Å²) in [5.41, 5.74) is 5.60. The molecule has 2 atom stereocenters. The fourth-order valence-corrected chi connectivity index (χ4v) is 3.90. The van der Waals surface area contributed by atoms with E-state index >= 15 is 0 Å². The highest BCUT2D eigenvalue weighted by Gasteiger charge is 2.34. The molecule has 4 rings (SSSR count). The van der Waals surface area contributed by atoms with Crippen LogP contribution in [0.25, 0.3) is 0 Å². The van der Waals surface area contributed by atoms with Gasteiger partial charge in [0.15, 0.2) is 0 Å². The van der Waals surface area contributed by atoms with Gasteiger partial charge in [-0.1, -0.05) is 36.4 Å². The van der Waals surface area contributed by atoms with Crippen LogP contribution in [0.5, 0.6) is 0 Å². The van der Waals surface area contributed by atoms with Crippen LogP contribution in [-0.2, 0) is 0 Å².